The Kier molecular flexibility index (Phi) is 6.60. The van der Waals surface area contributed by atoms with E-state index in [2.05, 4.69) is 36.1 Å². The SMILES string of the molecule is CC(c1ccc(-c2ccc(C(=O)N3CCC4(CC3)OCCO4)cc2)cc1)N1CCC2(CC1)OCCO2. The summed E-state index contributed by atoms with van der Waals surface area (Å²) in [6, 6.07) is 17.1. The summed E-state index contributed by atoms with van der Waals surface area (Å²) in [7, 11) is 0. The molecule has 6 rings (SSSR count). The molecule has 4 heterocycles. The zero-order valence-electron chi connectivity index (χ0n) is 21.1. The van der Waals surface area contributed by atoms with Crippen molar-refractivity contribution in [2.45, 2.75) is 50.2 Å². The molecule has 2 aromatic rings. The second-order valence-electron chi connectivity index (χ2n) is 10.4. The molecule has 7 heteroatoms. The fourth-order valence-electron chi connectivity index (χ4n) is 6.03. The summed E-state index contributed by atoms with van der Waals surface area (Å²) in [5, 5.41) is 0. The molecule has 4 aliphatic heterocycles. The van der Waals surface area contributed by atoms with E-state index in [9.17, 15) is 4.79 Å². The number of piperidine rings is 2. The van der Waals surface area contributed by atoms with Crippen molar-refractivity contribution in [3.63, 3.8) is 0 Å². The van der Waals surface area contributed by atoms with Crippen LogP contribution in [0.15, 0.2) is 48.5 Å². The minimum absolute atomic E-state index is 0.0790. The number of amides is 1. The summed E-state index contributed by atoms with van der Waals surface area (Å²) in [5.41, 5.74) is 4.32. The molecule has 1 atom stereocenters. The molecule has 2 spiro atoms. The molecule has 2 aromatic carbocycles. The third-order valence-corrected chi connectivity index (χ3v) is 8.41. The standard InChI is InChI=1S/C29H36N2O5/c1-22(30-14-10-28(11-15-30)33-18-19-34-28)23-2-4-24(5-3-23)25-6-8-26(9-7-25)27(32)31-16-12-29(13-17-31)35-20-21-36-29/h2-9,22H,10-21H2,1H3. The highest BCUT2D eigenvalue weighted by Gasteiger charge is 2.41. The van der Waals surface area contributed by atoms with Gasteiger partial charge in [0.25, 0.3) is 5.91 Å². The first-order valence-corrected chi connectivity index (χ1v) is 13.3. The number of nitrogens with zero attached hydrogens (tertiary/aromatic N) is 2. The number of hydrogen-bond acceptors (Lipinski definition) is 6. The fourth-order valence-corrected chi connectivity index (χ4v) is 6.03. The molecule has 0 saturated carbocycles. The summed E-state index contributed by atoms with van der Waals surface area (Å²) < 4.78 is 23.3. The van der Waals surface area contributed by atoms with Crippen molar-refractivity contribution in [2.75, 3.05) is 52.6 Å². The van der Waals surface area contributed by atoms with Crippen molar-refractivity contribution in [1.29, 1.82) is 0 Å². The van der Waals surface area contributed by atoms with Crippen molar-refractivity contribution >= 4 is 5.91 Å². The predicted octanol–water partition coefficient (Wildman–Crippen LogP) is 4.23. The minimum Gasteiger partial charge on any atom is -0.347 e. The maximum Gasteiger partial charge on any atom is 0.253 e. The number of ether oxygens (including phenoxy) is 4. The number of likely N-dealkylation sites (tertiary alicyclic amines) is 2. The molecule has 4 aliphatic rings. The molecule has 1 amide bonds. The largest absolute Gasteiger partial charge is 0.347 e. The highest BCUT2D eigenvalue weighted by Crippen LogP contribution is 2.35. The topological polar surface area (TPSA) is 60.5 Å². The van der Waals surface area contributed by atoms with E-state index < -0.39 is 5.79 Å². The monoisotopic (exact) mass is 492 g/mol. The smallest absolute Gasteiger partial charge is 0.253 e. The Morgan fingerprint density at radius 1 is 0.694 bits per heavy atom. The third kappa shape index (κ3) is 4.71. The molecule has 4 saturated heterocycles. The quantitative estimate of drug-likeness (QED) is 0.637. The molecule has 0 aromatic heterocycles. The van der Waals surface area contributed by atoms with Crippen LogP contribution in [0.2, 0.25) is 0 Å². The van der Waals surface area contributed by atoms with Crippen LogP contribution in [0.1, 0.15) is 54.6 Å². The Balaban J connectivity index is 1.05. The van der Waals surface area contributed by atoms with Gasteiger partial charge in [-0.15, -0.1) is 0 Å². The molecule has 7 nitrogen and oxygen atoms in total. The lowest BCUT2D eigenvalue weighted by molar-refractivity contribution is -0.187. The Hall–Kier alpha value is -2.29. The van der Waals surface area contributed by atoms with Crippen LogP contribution in [0.3, 0.4) is 0 Å². The highest BCUT2D eigenvalue weighted by atomic mass is 16.7. The van der Waals surface area contributed by atoms with Gasteiger partial charge in [-0.3, -0.25) is 9.69 Å². The molecule has 192 valence electrons. The molecular formula is C29H36N2O5. The van der Waals surface area contributed by atoms with Crippen molar-refractivity contribution in [3.05, 3.63) is 59.7 Å². The molecular weight excluding hydrogens is 456 g/mol. The fraction of sp³-hybridized carbons (Fsp3) is 0.552. The average molecular weight is 493 g/mol. The molecule has 1 unspecified atom stereocenters. The lowest BCUT2D eigenvalue weighted by Gasteiger charge is -2.40. The average Bonchev–Trinajstić information content (AvgIpc) is 3.59. The van der Waals surface area contributed by atoms with Crippen LogP contribution >= 0.6 is 0 Å². The minimum atomic E-state index is -0.459. The van der Waals surface area contributed by atoms with Gasteiger partial charge in [0.1, 0.15) is 0 Å². The third-order valence-electron chi connectivity index (χ3n) is 8.41. The van der Waals surface area contributed by atoms with Crippen LogP contribution in [-0.2, 0) is 18.9 Å². The molecule has 36 heavy (non-hydrogen) atoms. The molecule has 0 radical (unpaired) electrons. The van der Waals surface area contributed by atoms with Gasteiger partial charge >= 0.3 is 0 Å². The number of carbonyl (C=O) groups is 1. The van der Waals surface area contributed by atoms with E-state index in [4.69, 9.17) is 18.9 Å². The zero-order chi connectivity index (χ0) is 24.6. The van der Waals surface area contributed by atoms with E-state index in [1.807, 2.05) is 29.2 Å². The Labute approximate surface area is 213 Å². The maximum absolute atomic E-state index is 13.0. The van der Waals surface area contributed by atoms with E-state index >= 15 is 0 Å². The number of benzene rings is 2. The first-order chi connectivity index (χ1) is 17.5. The van der Waals surface area contributed by atoms with Gasteiger partial charge in [-0.05, 0) is 35.7 Å². The zero-order valence-corrected chi connectivity index (χ0v) is 21.1. The second-order valence-corrected chi connectivity index (χ2v) is 10.4. The van der Waals surface area contributed by atoms with Crippen LogP contribution in [0.4, 0.5) is 0 Å². The van der Waals surface area contributed by atoms with Gasteiger partial charge in [-0.1, -0.05) is 36.4 Å². The van der Waals surface area contributed by atoms with Crippen molar-refractivity contribution in [1.82, 2.24) is 9.80 Å². The summed E-state index contributed by atoms with van der Waals surface area (Å²) in [5.74, 6) is -0.711. The van der Waals surface area contributed by atoms with Gasteiger partial charge in [-0.2, -0.15) is 0 Å². The molecule has 0 bridgehead atoms. The van der Waals surface area contributed by atoms with Gasteiger partial charge in [0.15, 0.2) is 11.6 Å². The molecule has 0 N–H and O–H groups in total. The van der Waals surface area contributed by atoms with Crippen LogP contribution in [0.25, 0.3) is 11.1 Å². The van der Waals surface area contributed by atoms with Gasteiger partial charge in [0, 0.05) is 63.5 Å². The van der Waals surface area contributed by atoms with Crippen LogP contribution in [-0.4, -0.2) is 79.9 Å². The summed E-state index contributed by atoms with van der Waals surface area (Å²) in [6.45, 7) is 8.31. The molecule has 4 fully saturated rings. The van der Waals surface area contributed by atoms with Crippen molar-refractivity contribution in [3.8, 4) is 11.1 Å². The van der Waals surface area contributed by atoms with Crippen molar-refractivity contribution < 1.29 is 23.7 Å². The predicted molar refractivity (Wildman–Crippen MR) is 136 cm³/mol. The lowest BCUT2D eigenvalue weighted by atomic mass is 9.97. The summed E-state index contributed by atoms with van der Waals surface area (Å²) >= 11 is 0. The maximum atomic E-state index is 13.0. The number of carbonyl (C=O) groups excluding carboxylic acids is 1. The van der Waals surface area contributed by atoms with E-state index in [1.54, 1.807) is 0 Å². The van der Waals surface area contributed by atoms with E-state index in [0.717, 1.165) is 68.7 Å². The molecule has 0 aliphatic carbocycles. The first-order valence-electron chi connectivity index (χ1n) is 13.3. The Morgan fingerprint density at radius 2 is 1.14 bits per heavy atom. The van der Waals surface area contributed by atoms with Gasteiger partial charge in [0.05, 0.1) is 26.4 Å². The van der Waals surface area contributed by atoms with E-state index in [-0.39, 0.29) is 11.7 Å². The van der Waals surface area contributed by atoms with Gasteiger partial charge < -0.3 is 23.8 Å². The van der Waals surface area contributed by atoms with Crippen LogP contribution in [0.5, 0.6) is 0 Å². The summed E-state index contributed by atoms with van der Waals surface area (Å²) in [4.78, 5) is 17.5. The Morgan fingerprint density at radius 3 is 1.64 bits per heavy atom. The van der Waals surface area contributed by atoms with Crippen LogP contribution < -0.4 is 0 Å². The number of rotatable bonds is 4. The van der Waals surface area contributed by atoms with Gasteiger partial charge in [-0.25, -0.2) is 0 Å². The van der Waals surface area contributed by atoms with E-state index in [1.165, 1.54) is 5.56 Å². The normalized spacial score (nSPS) is 24.4. The first kappa shape index (κ1) is 24.1. The van der Waals surface area contributed by atoms with Crippen molar-refractivity contribution in [2.24, 2.45) is 0 Å². The highest BCUT2D eigenvalue weighted by molar-refractivity contribution is 5.94. The van der Waals surface area contributed by atoms with Gasteiger partial charge in [0.2, 0.25) is 0 Å². The second kappa shape index (κ2) is 9.88. The lowest BCUT2D eigenvalue weighted by Crippen LogP contribution is -2.47. The number of hydrogen-bond donors (Lipinski definition) is 0. The van der Waals surface area contributed by atoms with Crippen LogP contribution in [0, 0.1) is 0 Å². The summed E-state index contributed by atoms with van der Waals surface area (Å²) in [6.07, 6.45) is 3.34. The Bertz CT molecular complexity index is 1040. The van der Waals surface area contributed by atoms with E-state index in [0.29, 0.717) is 32.3 Å².